The smallest absolute Gasteiger partial charge is 0.152 e. The highest BCUT2D eigenvalue weighted by Gasteiger charge is 1.92. The molecule has 0 aliphatic rings. The second-order valence-corrected chi connectivity index (χ2v) is 2.72. The molecule has 0 unspecified atom stereocenters. The van der Waals surface area contributed by atoms with Gasteiger partial charge in [-0.15, -0.1) is 11.3 Å². The highest BCUT2D eigenvalue weighted by atomic mass is 32.1. The molecule has 0 atom stereocenters. The van der Waals surface area contributed by atoms with Crippen molar-refractivity contribution in [3.05, 3.63) is 17.0 Å². The minimum atomic E-state index is -2.21. The molecule has 54 valence electrons. The van der Waals surface area contributed by atoms with Crippen LogP contribution in [0.15, 0.2) is 11.4 Å². The topological polar surface area (TPSA) is 55.3 Å². The van der Waals surface area contributed by atoms with Crippen molar-refractivity contribution in [2.45, 2.75) is 6.92 Å². The van der Waals surface area contributed by atoms with Crippen molar-refractivity contribution < 1.29 is 14.7 Å². The molecule has 1 rings (SSSR count). The average molecular weight is 156 g/mol. The molecular weight excluding hydrogens is 151 g/mol. The molecule has 0 N–H and O–H groups in total. The van der Waals surface area contributed by atoms with Crippen molar-refractivity contribution >= 4 is 18.7 Å². The van der Waals surface area contributed by atoms with Gasteiger partial charge in [0, 0.05) is 0 Å². The fraction of sp³-hybridized carbons (Fsp3) is 0.200. The van der Waals surface area contributed by atoms with Gasteiger partial charge in [0.05, 0.1) is 0 Å². The lowest BCUT2D eigenvalue weighted by atomic mass is 10.3. The van der Waals surface area contributed by atoms with Gasteiger partial charge in [-0.1, -0.05) is 0 Å². The maximum atomic E-state index is 9.93. The SMILES string of the molecule is Cc1csc(OB([O-])[O-])c1. The van der Waals surface area contributed by atoms with Gasteiger partial charge >= 0.3 is 0 Å². The molecule has 0 saturated heterocycles. The predicted octanol–water partition coefficient (Wildman–Crippen LogP) is -0.859. The third-order valence-corrected chi connectivity index (χ3v) is 1.85. The van der Waals surface area contributed by atoms with Gasteiger partial charge in [0.15, 0.2) is 5.06 Å². The average Bonchev–Trinajstić information content (AvgIpc) is 2.13. The summed E-state index contributed by atoms with van der Waals surface area (Å²) in [6.45, 7) is 1.87. The Kier molecular flexibility index (Phi) is 2.31. The van der Waals surface area contributed by atoms with E-state index in [1.165, 1.54) is 11.3 Å². The van der Waals surface area contributed by atoms with Crippen LogP contribution in [0.25, 0.3) is 0 Å². The van der Waals surface area contributed by atoms with Crippen molar-refractivity contribution in [3.63, 3.8) is 0 Å². The third kappa shape index (κ3) is 2.02. The molecule has 0 fully saturated rings. The van der Waals surface area contributed by atoms with Crippen LogP contribution in [0.1, 0.15) is 5.56 Å². The van der Waals surface area contributed by atoms with E-state index in [1.807, 2.05) is 12.3 Å². The molecule has 1 heterocycles. The van der Waals surface area contributed by atoms with Crippen molar-refractivity contribution in [3.8, 4) is 5.06 Å². The fourth-order valence-corrected chi connectivity index (χ4v) is 1.32. The number of aryl methyl sites for hydroxylation is 1. The van der Waals surface area contributed by atoms with Crippen LogP contribution in [0.4, 0.5) is 0 Å². The Hall–Kier alpha value is -0.515. The van der Waals surface area contributed by atoms with Gasteiger partial charge in [-0.05, 0) is 23.9 Å². The number of rotatable bonds is 2. The van der Waals surface area contributed by atoms with Crippen LogP contribution >= 0.6 is 11.3 Å². The van der Waals surface area contributed by atoms with E-state index in [9.17, 15) is 10.0 Å². The molecule has 0 saturated carbocycles. The number of hydrogen-bond donors (Lipinski definition) is 0. The van der Waals surface area contributed by atoms with Crippen LogP contribution < -0.4 is 14.7 Å². The summed E-state index contributed by atoms with van der Waals surface area (Å²) in [6.07, 6.45) is 0. The zero-order valence-electron chi connectivity index (χ0n) is 5.37. The molecule has 1 aromatic rings. The molecule has 0 radical (unpaired) electrons. The third-order valence-electron chi connectivity index (χ3n) is 0.919. The molecule has 0 spiro atoms. The Morgan fingerprint density at radius 3 is 2.70 bits per heavy atom. The molecule has 0 aliphatic heterocycles. The van der Waals surface area contributed by atoms with Crippen LogP contribution in [0.5, 0.6) is 5.06 Å². The van der Waals surface area contributed by atoms with Gasteiger partial charge in [-0.2, -0.15) is 0 Å². The summed E-state index contributed by atoms with van der Waals surface area (Å²) in [5.41, 5.74) is 1.00. The van der Waals surface area contributed by atoms with Crippen molar-refractivity contribution in [2.75, 3.05) is 0 Å². The van der Waals surface area contributed by atoms with Crippen LogP contribution in [-0.4, -0.2) is 7.32 Å². The molecule has 0 bridgehead atoms. The first-order valence-corrected chi connectivity index (χ1v) is 3.60. The molecule has 0 aromatic carbocycles. The van der Waals surface area contributed by atoms with Crippen molar-refractivity contribution in [1.82, 2.24) is 0 Å². The van der Waals surface area contributed by atoms with E-state index < -0.39 is 7.32 Å². The molecule has 5 heteroatoms. The zero-order valence-corrected chi connectivity index (χ0v) is 6.18. The van der Waals surface area contributed by atoms with E-state index in [1.54, 1.807) is 6.07 Å². The number of thiophene rings is 1. The molecule has 1 aromatic heterocycles. The van der Waals surface area contributed by atoms with E-state index in [0.29, 0.717) is 5.06 Å². The van der Waals surface area contributed by atoms with Gasteiger partial charge in [0.2, 0.25) is 0 Å². The Morgan fingerprint density at radius 1 is 1.60 bits per heavy atom. The minimum Gasteiger partial charge on any atom is -0.860 e. The fourth-order valence-electron chi connectivity index (χ4n) is 0.562. The Labute approximate surface area is 63.1 Å². The lowest BCUT2D eigenvalue weighted by molar-refractivity contribution is -0.372. The predicted molar refractivity (Wildman–Crippen MR) is 35.4 cm³/mol. The van der Waals surface area contributed by atoms with Gasteiger partial charge in [0.25, 0.3) is 0 Å². The molecule has 3 nitrogen and oxygen atoms in total. The molecule has 10 heavy (non-hydrogen) atoms. The first-order chi connectivity index (χ1) is 4.68. The van der Waals surface area contributed by atoms with Gasteiger partial charge in [-0.3, -0.25) is 0 Å². The van der Waals surface area contributed by atoms with E-state index in [4.69, 9.17) is 0 Å². The quantitative estimate of drug-likeness (QED) is 0.523. The Bertz CT molecular complexity index is 210. The molecule has 0 amide bonds. The van der Waals surface area contributed by atoms with Crippen molar-refractivity contribution in [1.29, 1.82) is 0 Å². The maximum absolute atomic E-state index is 9.93. The van der Waals surface area contributed by atoms with Crippen LogP contribution in [0.3, 0.4) is 0 Å². The normalized spacial score (nSPS) is 9.50. The maximum Gasteiger partial charge on any atom is 0.152 e. The second kappa shape index (κ2) is 3.05. The summed E-state index contributed by atoms with van der Waals surface area (Å²) in [6, 6.07) is 1.66. The minimum absolute atomic E-state index is 0.396. The first-order valence-electron chi connectivity index (χ1n) is 2.72. The highest BCUT2D eigenvalue weighted by Crippen LogP contribution is 2.21. The van der Waals surface area contributed by atoms with E-state index in [0.717, 1.165) is 5.56 Å². The monoisotopic (exact) mass is 156 g/mol. The summed E-state index contributed by atoms with van der Waals surface area (Å²) >= 11 is 1.26. The van der Waals surface area contributed by atoms with Gasteiger partial charge < -0.3 is 14.7 Å². The molecular formula is C5H5BO3S-2. The summed E-state index contributed by atoms with van der Waals surface area (Å²) in [5, 5.41) is 22.1. The lowest BCUT2D eigenvalue weighted by Gasteiger charge is -2.25. The first kappa shape index (κ1) is 7.59. The van der Waals surface area contributed by atoms with E-state index in [-0.39, 0.29) is 0 Å². The van der Waals surface area contributed by atoms with Gasteiger partial charge in [0.1, 0.15) is 7.32 Å². The lowest BCUT2D eigenvalue weighted by Crippen LogP contribution is -2.50. The van der Waals surface area contributed by atoms with E-state index >= 15 is 0 Å². The summed E-state index contributed by atoms with van der Waals surface area (Å²) in [7, 11) is -2.21. The van der Waals surface area contributed by atoms with Crippen LogP contribution in [-0.2, 0) is 0 Å². The summed E-state index contributed by atoms with van der Waals surface area (Å²) in [4.78, 5) is 0. The largest absolute Gasteiger partial charge is 0.860 e. The Morgan fingerprint density at radius 2 is 2.30 bits per heavy atom. The van der Waals surface area contributed by atoms with E-state index in [2.05, 4.69) is 4.65 Å². The standard InChI is InChI=1S/C5H5BO3S/c1-4-2-5(10-3-4)9-6(7)8/h2-3H,1H3/q-2. The van der Waals surface area contributed by atoms with Crippen molar-refractivity contribution in [2.24, 2.45) is 0 Å². The van der Waals surface area contributed by atoms with Crippen LogP contribution in [0, 0.1) is 6.92 Å². The second-order valence-electron chi connectivity index (χ2n) is 1.85. The van der Waals surface area contributed by atoms with Crippen LogP contribution in [0.2, 0.25) is 0 Å². The zero-order chi connectivity index (χ0) is 7.56. The number of hydrogen-bond acceptors (Lipinski definition) is 4. The summed E-state index contributed by atoms with van der Waals surface area (Å²) in [5.74, 6) is 0. The highest BCUT2D eigenvalue weighted by molar-refractivity contribution is 7.12. The van der Waals surface area contributed by atoms with Gasteiger partial charge in [-0.25, -0.2) is 0 Å². The Balaban J connectivity index is 2.58. The molecule has 0 aliphatic carbocycles. The summed E-state index contributed by atoms with van der Waals surface area (Å²) < 4.78 is 4.34.